The molecule has 0 unspecified atom stereocenters. The topological polar surface area (TPSA) is 44.1 Å². The summed E-state index contributed by atoms with van der Waals surface area (Å²) in [4.78, 5) is 14.3. The zero-order valence-corrected chi connectivity index (χ0v) is 17.4. The lowest BCUT2D eigenvalue weighted by Crippen LogP contribution is -2.08. The van der Waals surface area contributed by atoms with Crippen LogP contribution in [0.15, 0.2) is 48.5 Å². The minimum Gasteiger partial charge on any atom is -0.422 e. The maximum absolute atomic E-state index is 12.8. The number of rotatable bonds is 4. The minimum absolute atomic E-state index is 0.345. The second-order valence-electron chi connectivity index (χ2n) is 6.77. The van der Waals surface area contributed by atoms with Crippen LogP contribution in [0.2, 0.25) is 5.02 Å². The third-order valence-corrected chi connectivity index (χ3v) is 6.19. The molecule has 4 rings (SSSR count). The Balaban J connectivity index is 1.66. The van der Waals surface area contributed by atoms with Gasteiger partial charge in [0.1, 0.15) is 15.5 Å². The Bertz CT molecular complexity index is 1170. The minimum atomic E-state index is -0.345. The summed E-state index contributed by atoms with van der Waals surface area (Å²) in [5, 5.41) is 6.28. The highest BCUT2D eigenvalue weighted by molar-refractivity contribution is 7.20. The van der Waals surface area contributed by atoms with Crippen molar-refractivity contribution in [1.82, 2.24) is 9.78 Å². The summed E-state index contributed by atoms with van der Waals surface area (Å²) < 4.78 is 7.59. The molecule has 0 atom stereocenters. The van der Waals surface area contributed by atoms with Crippen molar-refractivity contribution >= 4 is 39.1 Å². The zero-order valence-electron chi connectivity index (χ0n) is 15.8. The molecule has 0 N–H and O–H groups in total. The van der Waals surface area contributed by atoms with E-state index >= 15 is 0 Å². The number of para-hydroxylation sites is 1. The van der Waals surface area contributed by atoms with E-state index in [-0.39, 0.29) is 5.97 Å². The van der Waals surface area contributed by atoms with Gasteiger partial charge in [-0.2, -0.15) is 5.10 Å². The first-order valence-corrected chi connectivity index (χ1v) is 10.1. The lowest BCUT2D eigenvalue weighted by molar-refractivity contribution is 0.0737. The molecule has 0 aliphatic carbocycles. The second kappa shape index (κ2) is 7.41. The number of fused-ring (bicyclic) bond motifs is 1. The van der Waals surface area contributed by atoms with Crippen molar-refractivity contribution in [2.45, 2.75) is 27.3 Å². The average molecular weight is 411 g/mol. The van der Waals surface area contributed by atoms with E-state index in [2.05, 4.69) is 5.10 Å². The molecule has 0 saturated heterocycles. The lowest BCUT2D eigenvalue weighted by atomic mass is 10.1. The number of esters is 1. The van der Waals surface area contributed by atoms with Crippen LogP contribution in [0.5, 0.6) is 5.75 Å². The van der Waals surface area contributed by atoms with Gasteiger partial charge in [0.15, 0.2) is 0 Å². The molecule has 0 spiro atoms. The Hall–Kier alpha value is -2.63. The van der Waals surface area contributed by atoms with E-state index in [1.54, 1.807) is 0 Å². The number of halogens is 1. The molecule has 2 aromatic carbocycles. The molecule has 0 fully saturated rings. The summed E-state index contributed by atoms with van der Waals surface area (Å²) >= 11 is 7.69. The normalized spacial score (nSPS) is 11.1. The van der Waals surface area contributed by atoms with E-state index in [1.807, 2.05) is 74.0 Å². The van der Waals surface area contributed by atoms with Gasteiger partial charge in [0, 0.05) is 10.4 Å². The number of benzene rings is 2. The molecule has 0 saturated carbocycles. The number of carbonyl (C=O) groups is 1. The molecule has 0 radical (unpaired) electrons. The Morgan fingerprint density at radius 1 is 1.11 bits per heavy atom. The van der Waals surface area contributed by atoms with E-state index in [0.717, 1.165) is 32.6 Å². The highest BCUT2D eigenvalue weighted by Gasteiger charge is 2.19. The number of ether oxygens (including phenoxy) is 1. The van der Waals surface area contributed by atoms with Crippen LogP contribution >= 0.6 is 22.9 Å². The average Bonchev–Trinajstić information content (AvgIpc) is 3.22. The van der Waals surface area contributed by atoms with Crippen LogP contribution in [-0.4, -0.2) is 15.7 Å². The fraction of sp³-hybridized carbons (Fsp3) is 0.182. The van der Waals surface area contributed by atoms with E-state index in [9.17, 15) is 4.79 Å². The summed E-state index contributed by atoms with van der Waals surface area (Å²) in [6, 6.07) is 15.4. The van der Waals surface area contributed by atoms with Crippen LogP contribution < -0.4 is 4.74 Å². The van der Waals surface area contributed by atoms with Gasteiger partial charge in [-0.05, 0) is 49.6 Å². The first kappa shape index (κ1) is 18.7. The quantitative estimate of drug-likeness (QED) is 0.308. The highest BCUT2D eigenvalue weighted by atomic mass is 35.5. The molecule has 0 aliphatic heterocycles. The van der Waals surface area contributed by atoms with Crippen LogP contribution in [0, 0.1) is 20.8 Å². The van der Waals surface area contributed by atoms with Crippen molar-refractivity contribution < 1.29 is 9.53 Å². The van der Waals surface area contributed by atoms with Gasteiger partial charge < -0.3 is 4.74 Å². The van der Waals surface area contributed by atoms with E-state index in [0.29, 0.717) is 22.2 Å². The number of hydrogen-bond acceptors (Lipinski definition) is 4. The number of aryl methyl sites for hydroxylation is 3. The molecular formula is C22H19ClN2O2S. The number of nitrogens with zero attached hydrogens (tertiary/aromatic N) is 2. The molecule has 2 aromatic heterocycles. The predicted octanol–water partition coefficient (Wildman–Crippen LogP) is 5.94. The van der Waals surface area contributed by atoms with Crippen molar-refractivity contribution in [2.75, 3.05) is 0 Å². The molecule has 28 heavy (non-hydrogen) atoms. The van der Waals surface area contributed by atoms with Crippen LogP contribution in [0.25, 0.3) is 10.2 Å². The number of hydrogen-bond donors (Lipinski definition) is 0. The maximum Gasteiger partial charge on any atom is 0.353 e. The molecule has 2 heterocycles. The van der Waals surface area contributed by atoms with Crippen LogP contribution in [0.1, 0.15) is 32.1 Å². The Morgan fingerprint density at radius 3 is 2.54 bits per heavy atom. The van der Waals surface area contributed by atoms with E-state index in [4.69, 9.17) is 16.3 Å². The third kappa shape index (κ3) is 3.43. The molecule has 0 bridgehead atoms. The number of aromatic nitrogens is 2. The summed E-state index contributed by atoms with van der Waals surface area (Å²) in [6.45, 7) is 6.37. The summed E-state index contributed by atoms with van der Waals surface area (Å²) in [5.74, 6) is 0.279. The van der Waals surface area contributed by atoms with Crippen LogP contribution in [-0.2, 0) is 6.54 Å². The standard InChI is InChI=1S/C22H19ClN2O2S/c1-13-7-6-8-14(2)20(13)27-22(26)19-11-17-15(3)24-25(21(17)28-19)12-16-9-4-5-10-18(16)23/h4-11H,12H2,1-3H3. The lowest BCUT2D eigenvalue weighted by Gasteiger charge is -2.09. The van der Waals surface area contributed by atoms with Crippen LogP contribution in [0.4, 0.5) is 0 Å². The maximum atomic E-state index is 12.8. The number of thiophene rings is 1. The fourth-order valence-electron chi connectivity index (χ4n) is 3.21. The van der Waals surface area contributed by atoms with Crippen molar-refractivity contribution in [1.29, 1.82) is 0 Å². The Kier molecular flexibility index (Phi) is 4.96. The molecule has 0 aliphatic rings. The molecule has 4 nitrogen and oxygen atoms in total. The van der Waals surface area contributed by atoms with Gasteiger partial charge in [-0.25, -0.2) is 4.79 Å². The van der Waals surface area contributed by atoms with Crippen molar-refractivity contribution in [2.24, 2.45) is 0 Å². The van der Waals surface area contributed by atoms with Crippen molar-refractivity contribution in [3.8, 4) is 5.75 Å². The SMILES string of the molecule is Cc1cccc(C)c1OC(=O)c1cc2c(C)nn(Cc3ccccc3Cl)c2s1. The van der Waals surface area contributed by atoms with E-state index in [1.165, 1.54) is 11.3 Å². The summed E-state index contributed by atoms with van der Waals surface area (Å²) in [7, 11) is 0. The largest absolute Gasteiger partial charge is 0.422 e. The smallest absolute Gasteiger partial charge is 0.353 e. The molecule has 0 amide bonds. The van der Waals surface area contributed by atoms with Gasteiger partial charge >= 0.3 is 5.97 Å². The third-order valence-electron chi connectivity index (χ3n) is 4.69. The van der Waals surface area contributed by atoms with Crippen molar-refractivity contribution in [3.63, 3.8) is 0 Å². The zero-order chi connectivity index (χ0) is 19.8. The first-order chi connectivity index (χ1) is 13.4. The molecule has 4 aromatic rings. The second-order valence-corrected chi connectivity index (χ2v) is 8.21. The monoisotopic (exact) mass is 410 g/mol. The molecule has 142 valence electrons. The van der Waals surface area contributed by atoms with Gasteiger partial charge in [0.25, 0.3) is 0 Å². The fourth-order valence-corrected chi connectivity index (χ4v) is 4.44. The Labute approximate surface area is 172 Å². The van der Waals surface area contributed by atoms with Crippen molar-refractivity contribution in [3.05, 3.63) is 80.8 Å². The molecular weight excluding hydrogens is 392 g/mol. The predicted molar refractivity (Wildman–Crippen MR) is 114 cm³/mol. The Morgan fingerprint density at radius 2 is 1.82 bits per heavy atom. The number of carbonyl (C=O) groups excluding carboxylic acids is 1. The summed E-state index contributed by atoms with van der Waals surface area (Å²) in [6.07, 6.45) is 0. The van der Waals surface area contributed by atoms with E-state index < -0.39 is 0 Å². The first-order valence-electron chi connectivity index (χ1n) is 8.93. The van der Waals surface area contributed by atoms with Gasteiger partial charge in [-0.15, -0.1) is 11.3 Å². The van der Waals surface area contributed by atoms with Gasteiger partial charge in [-0.3, -0.25) is 4.68 Å². The highest BCUT2D eigenvalue weighted by Crippen LogP contribution is 2.31. The van der Waals surface area contributed by atoms with Gasteiger partial charge in [-0.1, -0.05) is 48.0 Å². The van der Waals surface area contributed by atoms with Gasteiger partial charge in [0.05, 0.1) is 12.2 Å². The van der Waals surface area contributed by atoms with Crippen LogP contribution in [0.3, 0.4) is 0 Å². The summed E-state index contributed by atoms with van der Waals surface area (Å²) in [5.41, 5.74) is 3.75. The van der Waals surface area contributed by atoms with Gasteiger partial charge in [0.2, 0.25) is 0 Å². The molecule has 6 heteroatoms.